The predicted molar refractivity (Wildman–Crippen MR) is 111 cm³/mol. The van der Waals surface area contributed by atoms with Gasteiger partial charge in [0.1, 0.15) is 4.91 Å². The van der Waals surface area contributed by atoms with Crippen LogP contribution in [0.25, 0.3) is 5.70 Å². The number of para-hydroxylation sites is 1. The molecule has 0 saturated heterocycles. The number of nitrogens with zero attached hydrogens (tertiary/aromatic N) is 2. The molecule has 0 radical (unpaired) electrons. The summed E-state index contributed by atoms with van der Waals surface area (Å²) in [6, 6.07) is 15.0. The maximum Gasteiger partial charge on any atom is 0.269 e. The van der Waals surface area contributed by atoms with Crippen molar-refractivity contribution < 1.29 is 9.72 Å². The average Bonchev–Trinajstić information content (AvgIpc) is 2.73. The Labute approximate surface area is 165 Å². The first-order chi connectivity index (χ1) is 13.6. The van der Waals surface area contributed by atoms with E-state index in [1.807, 2.05) is 18.2 Å². The van der Waals surface area contributed by atoms with E-state index in [1.54, 1.807) is 30.3 Å². The minimum atomic E-state index is -0.470. The summed E-state index contributed by atoms with van der Waals surface area (Å²) >= 11 is 1.17. The van der Waals surface area contributed by atoms with Crippen molar-refractivity contribution in [2.75, 3.05) is 11.9 Å². The normalized spacial score (nSPS) is 14.8. The second kappa shape index (κ2) is 8.87. The second-order valence-corrected chi connectivity index (χ2v) is 6.61. The Morgan fingerprint density at radius 3 is 2.54 bits per heavy atom. The topological polar surface area (TPSA) is 109 Å². The molecular formula is C19H17N5O3S. The zero-order valence-electron chi connectivity index (χ0n) is 14.7. The third-order valence-electron chi connectivity index (χ3n) is 3.69. The highest BCUT2D eigenvalue weighted by molar-refractivity contribution is 8.18. The van der Waals surface area contributed by atoms with Crippen LogP contribution in [0.1, 0.15) is 5.56 Å². The summed E-state index contributed by atoms with van der Waals surface area (Å²) in [5.41, 5.74) is 7.68. The zero-order valence-corrected chi connectivity index (χ0v) is 15.5. The molecule has 0 aliphatic carbocycles. The molecule has 0 bridgehead atoms. The summed E-state index contributed by atoms with van der Waals surface area (Å²) in [5, 5.41) is 14.2. The summed E-state index contributed by atoms with van der Waals surface area (Å²) in [5.74, 6) is -0.315. The monoisotopic (exact) mass is 395 g/mol. The third kappa shape index (κ3) is 4.57. The van der Waals surface area contributed by atoms with E-state index in [-0.39, 0.29) is 11.6 Å². The molecule has 0 spiro atoms. The van der Waals surface area contributed by atoms with Crippen molar-refractivity contribution >= 4 is 39.9 Å². The average molecular weight is 395 g/mol. The van der Waals surface area contributed by atoms with Gasteiger partial charge < -0.3 is 5.32 Å². The molecule has 0 saturated carbocycles. The molecule has 9 heteroatoms. The minimum absolute atomic E-state index is 0.0238. The van der Waals surface area contributed by atoms with Crippen LogP contribution in [0.4, 0.5) is 11.4 Å². The molecular weight excluding hydrogens is 378 g/mol. The summed E-state index contributed by atoms with van der Waals surface area (Å²) in [6.07, 6.45) is 1.65. The van der Waals surface area contributed by atoms with E-state index >= 15 is 0 Å². The van der Waals surface area contributed by atoms with Crippen molar-refractivity contribution in [3.05, 3.63) is 87.8 Å². The number of nitrogens with one attached hydrogen (secondary N) is 3. The number of hydrazine groups is 1. The number of amidine groups is 1. The molecule has 142 valence electrons. The van der Waals surface area contributed by atoms with Gasteiger partial charge in [-0.3, -0.25) is 30.8 Å². The summed E-state index contributed by atoms with van der Waals surface area (Å²) in [7, 11) is 0. The van der Waals surface area contributed by atoms with Crippen molar-refractivity contribution in [3.8, 4) is 0 Å². The fraction of sp³-hybridized carbons (Fsp3) is 0.0526. The summed E-state index contributed by atoms with van der Waals surface area (Å²) in [6.45, 7) is 4.03. The van der Waals surface area contributed by atoms with Crippen LogP contribution in [0.2, 0.25) is 0 Å². The van der Waals surface area contributed by atoms with E-state index in [9.17, 15) is 14.9 Å². The van der Waals surface area contributed by atoms with Gasteiger partial charge in [0, 0.05) is 23.4 Å². The van der Waals surface area contributed by atoms with E-state index in [1.165, 1.54) is 23.9 Å². The Morgan fingerprint density at radius 1 is 1.18 bits per heavy atom. The highest BCUT2D eigenvalue weighted by atomic mass is 32.2. The van der Waals surface area contributed by atoms with Crippen LogP contribution >= 0.6 is 11.8 Å². The fourth-order valence-corrected chi connectivity index (χ4v) is 3.24. The van der Waals surface area contributed by atoms with Gasteiger partial charge in [0.2, 0.25) is 0 Å². The van der Waals surface area contributed by atoms with E-state index in [2.05, 4.69) is 27.7 Å². The largest absolute Gasteiger partial charge is 0.321 e. The lowest BCUT2D eigenvalue weighted by atomic mass is 10.1. The second-order valence-electron chi connectivity index (χ2n) is 5.61. The lowest BCUT2D eigenvalue weighted by Gasteiger charge is -2.24. The molecule has 3 N–H and O–H groups in total. The lowest BCUT2D eigenvalue weighted by Crippen LogP contribution is -2.40. The zero-order chi connectivity index (χ0) is 19.9. The van der Waals surface area contributed by atoms with Gasteiger partial charge in [0.25, 0.3) is 11.6 Å². The Balaban J connectivity index is 1.95. The van der Waals surface area contributed by atoms with Crippen molar-refractivity contribution in [3.63, 3.8) is 0 Å². The molecule has 0 fully saturated rings. The van der Waals surface area contributed by atoms with Crippen molar-refractivity contribution in [2.45, 2.75) is 0 Å². The SMILES string of the molecule is C=CCN=C1NNC(c2ccc([N+](=O)[O-])cc2)=C(C(=O)Nc2ccccc2)S1. The van der Waals surface area contributed by atoms with Crippen LogP contribution < -0.4 is 16.2 Å². The van der Waals surface area contributed by atoms with Crippen LogP contribution in [0.3, 0.4) is 0 Å². The van der Waals surface area contributed by atoms with Gasteiger partial charge in [-0.15, -0.1) is 6.58 Å². The summed E-state index contributed by atoms with van der Waals surface area (Å²) < 4.78 is 0. The predicted octanol–water partition coefficient (Wildman–Crippen LogP) is 3.29. The molecule has 1 heterocycles. The maximum absolute atomic E-state index is 12.9. The lowest BCUT2D eigenvalue weighted by molar-refractivity contribution is -0.384. The Hall–Kier alpha value is -3.59. The summed E-state index contributed by atoms with van der Waals surface area (Å²) in [4.78, 5) is 28.0. The molecule has 0 unspecified atom stereocenters. The maximum atomic E-state index is 12.9. The number of nitro groups is 1. The van der Waals surface area contributed by atoms with Gasteiger partial charge in [0.15, 0.2) is 5.17 Å². The molecule has 8 nitrogen and oxygen atoms in total. The minimum Gasteiger partial charge on any atom is -0.321 e. The van der Waals surface area contributed by atoms with Gasteiger partial charge in [-0.1, -0.05) is 24.3 Å². The highest BCUT2D eigenvalue weighted by Gasteiger charge is 2.25. The van der Waals surface area contributed by atoms with Crippen molar-refractivity contribution in [2.24, 2.45) is 4.99 Å². The molecule has 28 heavy (non-hydrogen) atoms. The van der Waals surface area contributed by atoms with Gasteiger partial charge in [-0.25, -0.2) is 0 Å². The van der Waals surface area contributed by atoms with Crippen LogP contribution in [-0.4, -0.2) is 22.5 Å². The number of nitro benzene ring substituents is 1. The number of non-ortho nitro benzene ring substituents is 1. The standard InChI is InChI=1S/C19H17N5O3S/c1-2-12-20-19-23-22-16(13-8-10-15(11-9-13)24(26)27)17(28-19)18(25)21-14-6-4-3-5-7-14/h2-11,22H,1,12H2,(H,20,23)(H,21,25). The number of carbonyl (C=O) groups excluding carboxylic acids is 1. The molecule has 1 aliphatic rings. The van der Waals surface area contributed by atoms with Crippen molar-refractivity contribution in [1.29, 1.82) is 0 Å². The van der Waals surface area contributed by atoms with E-state index in [0.29, 0.717) is 33.6 Å². The Morgan fingerprint density at radius 2 is 1.89 bits per heavy atom. The number of aliphatic imine (C=N–C) groups is 1. The number of rotatable bonds is 6. The number of amides is 1. The number of hydrogen-bond donors (Lipinski definition) is 3. The number of carbonyl (C=O) groups is 1. The number of thioether (sulfide) groups is 1. The third-order valence-corrected chi connectivity index (χ3v) is 4.71. The molecule has 1 amide bonds. The van der Waals surface area contributed by atoms with Gasteiger partial charge in [0.05, 0.1) is 17.2 Å². The number of benzene rings is 2. The van der Waals surface area contributed by atoms with E-state index in [4.69, 9.17) is 0 Å². The van der Waals surface area contributed by atoms with Crippen LogP contribution in [0, 0.1) is 10.1 Å². The van der Waals surface area contributed by atoms with Crippen LogP contribution in [0.5, 0.6) is 0 Å². The molecule has 2 aromatic rings. The smallest absolute Gasteiger partial charge is 0.269 e. The first-order valence-electron chi connectivity index (χ1n) is 8.29. The number of anilines is 1. The van der Waals surface area contributed by atoms with Crippen molar-refractivity contribution in [1.82, 2.24) is 10.9 Å². The van der Waals surface area contributed by atoms with E-state index < -0.39 is 4.92 Å². The Bertz CT molecular complexity index is 955. The fourth-order valence-electron chi connectivity index (χ4n) is 2.39. The van der Waals surface area contributed by atoms with Gasteiger partial charge >= 0.3 is 0 Å². The molecule has 0 aromatic heterocycles. The van der Waals surface area contributed by atoms with Gasteiger partial charge in [-0.05, 0) is 36.0 Å². The Kier molecular flexibility index (Phi) is 6.07. The molecule has 1 aliphatic heterocycles. The van der Waals surface area contributed by atoms with E-state index in [0.717, 1.165) is 0 Å². The molecule has 0 atom stereocenters. The highest BCUT2D eigenvalue weighted by Crippen LogP contribution is 2.30. The first kappa shape index (κ1) is 19.2. The van der Waals surface area contributed by atoms with Crippen LogP contribution in [-0.2, 0) is 4.79 Å². The van der Waals surface area contributed by atoms with Crippen LogP contribution in [0.15, 0.2) is 77.1 Å². The number of hydrogen-bond acceptors (Lipinski definition) is 6. The first-order valence-corrected chi connectivity index (χ1v) is 9.11. The molecule has 3 rings (SSSR count). The van der Waals surface area contributed by atoms with Gasteiger partial charge in [-0.2, -0.15) is 0 Å². The quantitative estimate of drug-likeness (QED) is 0.393. The molecule has 2 aromatic carbocycles.